The van der Waals surface area contributed by atoms with Crippen LogP contribution in [0.4, 0.5) is 0 Å². The molecule has 0 aromatic carbocycles. The quantitative estimate of drug-likeness (QED) is 0.493. The van der Waals surface area contributed by atoms with Gasteiger partial charge in [0.05, 0.1) is 6.26 Å². The Morgan fingerprint density at radius 3 is 3.10 bits per heavy atom. The SMILES string of the molecule is O=C1C=C2C=COCC2=C1. The average molecular weight is 134 g/mol. The zero-order valence-corrected chi connectivity index (χ0v) is 5.33. The lowest BCUT2D eigenvalue weighted by Crippen LogP contribution is -1.98. The highest BCUT2D eigenvalue weighted by atomic mass is 16.5. The molecule has 0 aromatic rings. The Balaban J connectivity index is 2.46. The number of carbonyl (C=O) groups is 1. The van der Waals surface area contributed by atoms with Gasteiger partial charge in [0, 0.05) is 5.57 Å². The minimum Gasteiger partial charge on any atom is -0.496 e. The number of fused-ring (bicyclic) bond motifs is 1. The molecule has 2 rings (SSSR count). The van der Waals surface area contributed by atoms with Crippen molar-refractivity contribution in [1.29, 1.82) is 0 Å². The summed E-state index contributed by atoms with van der Waals surface area (Å²) in [5.41, 5.74) is 1.99. The number of hydrogen-bond acceptors (Lipinski definition) is 2. The van der Waals surface area contributed by atoms with Gasteiger partial charge in [-0.25, -0.2) is 0 Å². The highest BCUT2D eigenvalue weighted by molar-refractivity contribution is 6.05. The van der Waals surface area contributed by atoms with E-state index >= 15 is 0 Å². The van der Waals surface area contributed by atoms with Gasteiger partial charge in [0.2, 0.25) is 0 Å². The maximum Gasteiger partial charge on any atom is 0.179 e. The van der Waals surface area contributed by atoms with Crippen LogP contribution in [0.3, 0.4) is 0 Å². The molecule has 0 fully saturated rings. The molecule has 0 spiro atoms. The maximum absolute atomic E-state index is 10.8. The van der Waals surface area contributed by atoms with Crippen molar-refractivity contribution < 1.29 is 9.53 Å². The van der Waals surface area contributed by atoms with Crippen LogP contribution in [0.25, 0.3) is 0 Å². The molecule has 10 heavy (non-hydrogen) atoms. The fourth-order valence-electron chi connectivity index (χ4n) is 1.08. The van der Waals surface area contributed by atoms with Gasteiger partial charge < -0.3 is 4.74 Å². The first-order valence-electron chi connectivity index (χ1n) is 3.11. The minimum absolute atomic E-state index is 0.0696. The lowest BCUT2D eigenvalue weighted by Gasteiger charge is -2.08. The van der Waals surface area contributed by atoms with Crippen LogP contribution in [0, 0.1) is 0 Å². The predicted octanol–water partition coefficient (Wildman–Crippen LogP) is 0.966. The number of allylic oxidation sites excluding steroid dienone is 3. The molecule has 0 radical (unpaired) electrons. The molecule has 0 unspecified atom stereocenters. The first-order valence-corrected chi connectivity index (χ1v) is 3.11. The largest absolute Gasteiger partial charge is 0.496 e. The molecule has 0 aromatic heterocycles. The van der Waals surface area contributed by atoms with E-state index in [-0.39, 0.29) is 5.78 Å². The van der Waals surface area contributed by atoms with Crippen LogP contribution in [-0.4, -0.2) is 12.4 Å². The lowest BCUT2D eigenvalue weighted by molar-refractivity contribution is -0.110. The summed E-state index contributed by atoms with van der Waals surface area (Å²) in [7, 11) is 0. The van der Waals surface area contributed by atoms with Crippen LogP contribution >= 0.6 is 0 Å². The summed E-state index contributed by atoms with van der Waals surface area (Å²) in [4.78, 5) is 10.8. The molecule has 1 aliphatic heterocycles. The van der Waals surface area contributed by atoms with Gasteiger partial charge in [0.15, 0.2) is 5.78 Å². The van der Waals surface area contributed by atoms with E-state index in [4.69, 9.17) is 4.74 Å². The molecule has 2 nitrogen and oxygen atoms in total. The number of carbonyl (C=O) groups excluding carboxylic acids is 1. The van der Waals surface area contributed by atoms with E-state index in [1.54, 1.807) is 24.5 Å². The molecule has 0 N–H and O–H groups in total. The smallest absolute Gasteiger partial charge is 0.179 e. The first-order chi connectivity index (χ1) is 4.86. The van der Waals surface area contributed by atoms with Crippen LogP contribution < -0.4 is 0 Å². The van der Waals surface area contributed by atoms with Gasteiger partial charge in [0.25, 0.3) is 0 Å². The third kappa shape index (κ3) is 0.692. The summed E-state index contributed by atoms with van der Waals surface area (Å²) >= 11 is 0. The van der Waals surface area contributed by atoms with E-state index < -0.39 is 0 Å². The first kappa shape index (κ1) is 5.47. The molecular weight excluding hydrogens is 128 g/mol. The van der Waals surface area contributed by atoms with E-state index in [2.05, 4.69) is 0 Å². The lowest BCUT2D eigenvalue weighted by atomic mass is 10.1. The van der Waals surface area contributed by atoms with Gasteiger partial charge in [-0.05, 0) is 23.8 Å². The van der Waals surface area contributed by atoms with Gasteiger partial charge >= 0.3 is 0 Å². The Morgan fingerprint density at radius 2 is 2.30 bits per heavy atom. The van der Waals surface area contributed by atoms with Crippen LogP contribution in [-0.2, 0) is 9.53 Å². The second-order valence-electron chi connectivity index (χ2n) is 2.29. The molecular formula is C8H6O2. The standard InChI is InChI=1S/C8H6O2/c9-8-3-6-1-2-10-5-7(6)4-8/h1-4H,5H2. The van der Waals surface area contributed by atoms with Gasteiger partial charge in [-0.1, -0.05) is 0 Å². The molecule has 0 atom stereocenters. The highest BCUT2D eigenvalue weighted by Gasteiger charge is 2.15. The summed E-state index contributed by atoms with van der Waals surface area (Å²) in [6, 6.07) is 0. The number of ether oxygens (including phenoxy) is 1. The highest BCUT2D eigenvalue weighted by Crippen LogP contribution is 2.21. The summed E-state index contributed by atoms with van der Waals surface area (Å²) in [6.07, 6.45) is 6.65. The van der Waals surface area contributed by atoms with Gasteiger partial charge in [-0.3, -0.25) is 4.79 Å². The molecule has 50 valence electrons. The average Bonchev–Trinajstić information content (AvgIpc) is 2.27. The second-order valence-corrected chi connectivity index (χ2v) is 2.29. The Bertz CT molecular complexity index is 269. The summed E-state index contributed by atoms with van der Waals surface area (Å²) < 4.78 is 4.99. The normalized spacial score (nSPS) is 21.4. The van der Waals surface area contributed by atoms with Crippen molar-refractivity contribution >= 4 is 5.78 Å². The Hall–Kier alpha value is -1.31. The fraction of sp³-hybridized carbons (Fsp3) is 0.125. The van der Waals surface area contributed by atoms with Crippen molar-refractivity contribution in [2.24, 2.45) is 0 Å². The van der Waals surface area contributed by atoms with Crippen LogP contribution in [0.5, 0.6) is 0 Å². The number of rotatable bonds is 0. The zero-order valence-electron chi connectivity index (χ0n) is 5.33. The van der Waals surface area contributed by atoms with Crippen LogP contribution in [0.2, 0.25) is 0 Å². The Morgan fingerprint density at radius 1 is 1.40 bits per heavy atom. The Kier molecular flexibility index (Phi) is 1.01. The van der Waals surface area contributed by atoms with Crippen LogP contribution in [0.15, 0.2) is 35.6 Å². The van der Waals surface area contributed by atoms with Crippen molar-refractivity contribution in [3.8, 4) is 0 Å². The Labute approximate surface area is 58.5 Å². The predicted molar refractivity (Wildman–Crippen MR) is 36.3 cm³/mol. The fourth-order valence-corrected chi connectivity index (χ4v) is 1.08. The van der Waals surface area contributed by atoms with Crippen LogP contribution in [0.1, 0.15) is 0 Å². The molecule has 1 heterocycles. The summed E-state index contributed by atoms with van der Waals surface area (Å²) in [5, 5.41) is 0. The van der Waals surface area contributed by atoms with Crippen molar-refractivity contribution in [3.63, 3.8) is 0 Å². The second kappa shape index (κ2) is 1.84. The molecule has 1 aliphatic carbocycles. The number of ketones is 1. The molecule has 2 heteroatoms. The third-order valence-corrected chi connectivity index (χ3v) is 1.57. The third-order valence-electron chi connectivity index (χ3n) is 1.57. The van der Waals surface area contributed by atoms with E-state index in [1.807, 2.05) is 0 Å². The summed E-state index contributed by atoms with van der Waals surface area (Å²) in [6.45, 7) is 0.536. The van der Waals surface area contributed by atoms with E-state index in [0.717, 1.165) is 11.1 Å². The van der Waals surface area contributed by atoms with Gasteiger partial charge in [-0.15, -0.1) is 0 Å². The van der Waals surface area contributed by atoms with Crippen molar-refractivity contribution in [2.75, 3.05) is 6.61 Å². The monoisotopic (exact) mass is 134 g/mol. The van der Waals surface area contributed by atoms with E-state index in [1.165, 1.54) is 0 Å². The zero-order chi connectivity index (χ0) is 6.97. The minimum atomic E-state index is 0.0696. The van der Waals surface area contributed by atoms with E-state index in [9.17, 15) is 4.79 Å². The van der Waals surface area contributed by atoms with Gasteiger partial charge in [0.1, 0.15) is 6.61 Å². The molecule has 2 aliphatic rings. The van der Waals surface area contributed by atoms with Gasteiger partial charge in [-0.2, -0.15) is 0 Å². The summed E-state index contributed by atoms with van der Waals surface area (Å²) in [5.74, 6) is 0.0696. The molecule has 0 saturated heterocycles. The van der Waals surface area contributed by atoms with Crippen molar-refractivity contribution in [2.45, 2.75) is 0 Å². The molecule has 0 bridgehead atoms. The maximum atomic E-state index is 10.8. The number of hydrogen-bond donors (Lipinski definition) is 0. The molecule has 0 amide bonds. The topological polar surface area (TPSA) is 26.3 Å². The molecule has 0 saturated carbocycles. The van der Waals surface area contributed by atoms with Crippen molar-refractivity contribution in [3.05, 3.63) is 35.6 Å². The van der Waals surface area contributed by atoms with Crippen molar-refractivity contribution in [1.82, 2.24) is 0 Å². The van der Waals surface area contributed by atoms with E-state index in [0.29, 0.717) is 6.61 Å².